The monoisotopic (exact) mass is 478 g/mol. The summed E-state index contributed by atoms with van der Waals surface area (Å²) in [5.41, 5.74) is 3.60. The first kappa shape index (κ1) is 22.2. The zero-order valence-corrected chi connectivity index (χ0v) is 19.2. The normalized spacial score (nSPS) is 13.9. The van der Waals surface area contributed by atoms with Crippen LogP contribution in [0.2, 0.25) is 5.02 Å². The van der Waals surface area contributed by atoms with E-state index in [1.165, 1.54) is 12.1 Å². The molecule has 1 aliphatic rings. The molecular formula is C25H24ClFN6O. The number of aromatic amines is 1. The number of H-pyrrole nitrogens is 1. The number of hydrogen-bond acceptors (Lipinski definition) is 4. The average molecular weight is 479 g/mol. The number of piperazine rings is 1. The van der Waals surface area contributed by atoms with Gasteiger partial charge in [0.25, 0.3) is 0 Å². The molecule has 2 amide bonds. The Morgan fingerprint density at radius 3 is 2.50 bits per heavy atom. The molecule has 0 saturated carbocycles. The van der Waals surface area contributed by atoms with Crippen molar-refractivity contribution in [2.45, 2.75) is 6.42 Å². The van der Waals surface area contributed by atoms with Gasteiger partial charge >= 0.3 is 6.03 Å². The van der Waals surface area contributed by atoms with Gasteiger partial charge in [-0.25, -0.2) is 19.2 Å². The van der Waals surface area contributed by atoms with Crippen molar-refractivity contribution in [2.24, 2.45) is 0 Å². The van der Waals surface area contributed by atoms with Crippen molar-refractivity contribution in [2.75, 3.05) is 37.6 Å². The summed E-state index contributed by atoms with van der Waals surface area (Å²) in [5, 5.41) is 4.62. The Morgan fingerprint density at radius 2 is 1.76 bits per heavy atom. The second-order valence-corrected chi connectivity index (χ2v) is 8.67. The van der Waals surface area contributed by atoms with Crippen LogP contribution < -0.4 is 10.2 Å². The number of urea groups is 1. The number of fused-ring (bicyclic) bond motifs is 1. The second-order valence-electron chi connectivity index (χ2n) is 8.23. The summed E-state index contributed by atoms with van der Waals surface area (Å²) in [6, 6.07) is 15.9. The lowest BCUT2D eigenvalue weighted by Gasteiger charge is -2.35. The number of halogens is 2. The minimum Gasteiger partial charge on any atom is -0.352 e. The van der Waals surface area contributed by atoms with E-state index in [-0.39, 0.29) is 11.8 Å². The van der Waals surface area contributed by atoms with Crippen molar-refractivity contribution in [1.82, 2.24) is 25.2 Å². The Bertz CT molecular complexity index is 1280. The summed E-state index contributed by atoms with van der Waals surface area (Å²) in [4.78, 5) is 28.8. The molecule has 0 bridgehead atoms. The molecule has 0 aliphatic carbocycles. The smallest absolute Gasteiger partial charge is 0.317 e. The predicted molar refractivity (Wildman–Crippen MR) is 132 cm³/mol. The van der Waals surface area contributed by atoms with Crippen LogP contribution in [-0.2, 0) is 6.42 Å². The van der Waals surface area contributed by atoms with Crippen LogP contribution in [0.4, 0.5) is 15.0 Å². The Kier molecular flexibility index (Phi) is 6.31. The van der Waals surface area contributed by atoms with E-state index in [4.69, 9.17) is 11.6 Å². The number of carbonyl (C=O) groups is 1. The standard InChI is InChI=1S/C25H24ClFN6O/c26-19-5-1-17(2-6-19)9-10-28-25(34)33-13-11-32(12-14-33)24-21-15-22(31-23(21)29-16-30-24)18-3-7-20(27)8-4-18/h1-8,15-16H,9-14H2,(H,28,34)(H,29,30,31). The van der Waals surface area contributed by atoms with E-state index >= 15 is 0 Å². The largest absolute Gasteiger partial charge is 0.352 e. The fourth-order valence-corrected chi connectivity index (χ4v) is 4.29. The first-order valence-corrected chi connectivity index (χ1v) is 11.6. The number of rotatable bonds is 5. The van der Waals surface area contributed by atoms with Crippen molar-refractivity contribution in [1.29, 1.82) is 0 Å². The van der Waals surface area contributed by atoms with Crippen LogP contribution in [0.5, 0.6) is 0 Å². The van der Waals surface area contributed by atoms with E-state index in [2.05, 4.69) is 25.2 Å². The number of aromatic nitrogens is 3. The molecule has 1 saturated heterocycles. The van der Waals surface area contributed by atoms with Crippen LogP contribution in [0.15, 0.2) is 60.9 Å². The number of anilines is 1. The predicted octanol–water partition coefficient (Wildman–Crippen LogP) is 4.49. The number of benzene rings is 2. The van der Waals surface area contributed by atoms with Crippen LogP contribution in [-0.4, -0.2) is 58.6 Å². The van der Waals surface area contributed by atoms with Gasteiger partial charge in [0.2, 0.25) is 0 Å². The highest BCUT2D eigenvalue weighted by Crippen LogP contribution is 2.29. The molecule has 174 valence electrons. The quantitative estimate of drug-likeness (QED) is 0.443. The summed E-state index contributed by atoms with van der Waals surface area (Å²) in [7, 11) is 0. The molecule has 0 radical (unpaired) electrons. The summed E-state index contributed by atoms with van der Waals surface area (Å²) in [6.07, 6.45) is 2.30. The van der Waals surface area contributed by atoms with Crippen LogP contribution >= 0.6 is 11.6 Å². The Hall–Kier alpha value is -3.65. The molecule has 2 N–H and O–H groups in total. The van der Waals surface area contributed by atoms with Crippen LogP contribution in [0, 0.1) is 5.82 Å². The van der Waals surface area contributed by atoms with Gasteiger partial charge in [0, 0.05) is 43.4 Å². The summed E-state index contributed by atoms with van der Waals surface area (Å²) >= 11 is 5.92. The minimum atomic E-state index is -0.271. The molecule has 0 atom stereocenters. The third-order valence-corrected chi connectivity index (χ3v) is 6.28. The van der Waals surface area contributed by atoms with Crippen molar-refractivity contribution in [3.8, 4) is 11.3 Å². The van der Waals surface area contributed by atoms with E-state index in [0.29, 0.717) is 37.7 Å². The Labute approximate surface area is 201 Å². The molecule has 1 fully saturated rings. The fourth-order valence-electron chi connectivity index (χ4n) is 4.16. The van der Waals surface area contributed by atoms with E-state index < -0.39 is 0 Å². The molecule has 2 aromatic heterocycles. The van der Waals surface area contributed by atoms with Crippen LogP contribution in [0.25, 0.3) is 22.3 Å². The zero-order valence-electron chi connectivity index (χ0n) is 18.5. The van der Waals surface area contributed by atoms with E-state index in [9.17, 15) is 9.18 Å². The van der Waals surface area contributed by atoms with Gasteiger partial charge in [-0.3, -0.25) is 0 Å². The first-order chi connectivity index (χ1) is 16.6. The maximum absolute atomic E-state index is 13.3. The third kappa shape index (κ3) is 4.82. The summed E-state index contributed by atoms with van der Waals surface area (Å²) < 4.78 is 13.3. The van der Waals surface area contributed by atoms with Gasteiger partial charge in [0.05, 0.1) is 5.39 Å². The van der Waals surface area contributed by atoms with Gasteiger partial charge in [0.1, 0.15) is 23.6 Å². The molecular weight excluding hydrogens is 455 g/mol. The molecule has 0 unspecified atom stereocenters. The van der Waals surface area contributed by atoms with Crippen LogP contribution in [0.1, 0.15) is 5.56 Å². The number of hydrogen-bond donors (Lipinski definition) is 2. The molecule has 34 heavy (non-hydrogen) atoms. The lowest BCUT2D eigenvalue weighted by Crippen LogP contribution is -2.52. The Morgan fingerprint density at radius 1 is 1.03 bits per heavy atom. The fraction of sp³-hybridized carbons (Fsp3) is 0.240. The average Bonchev–Trinajstić information content (AvgIpc) is 3.30. The Balaban J connectivity index is 1.20. The molecule has 4 aromatic rings. The second kappa shape index (κ2) is 9.69. The summed E-state index contributed by atoms with van der Waals surface area (Å²) in [6.45, 7) is 3.13. The van der Waals surface area contributed by atoms with Crippen LogP contribution in [0.3, 0.4) is 0 Å². The topological polar surface area (TPSA) is 77.2 Å². The first-order valence-electron chi connectivity index (χ1n) is 11.2. The van der Waals surface area contributed by atoms with Gasteiger partial charge in [-0.2, -0.15) is 0 Å². The van der Waals surface area contributed by atoms with Gasteiger partial charge in [-0.1, -0.05) is 23.7 Å². The number of nitrogens with zero attached hydrogens (tertiary/aromatic N) is 4. The SMILES string of the molecule is O=C(NCCc1ccc(Cl)cc1)N1CCN(c2ncnc3[nH]c(-c4ccc(F)cc4)cc23)CC1. The lowest BCUT2D eigenvalue weighted by molar-refractivity contribution is 0.194. The lowest BCUT2D eigenvalue weighted by atomic mass is 10.1. The van der Waals surface area contributed by atoms with E-state index in [0.717, 1.165) is 40.1 Å². The molecule has 5 rings (SSSR count). The van der Waals surface area contributed by atoms with Crippen molar-refractivity contribution >= 4 is 34.5 Å². The molecule has 9 heteroatoms. The molecule has 2 aromatic carbocycles. The van der Waals surface area contributed by atoms with Gasteiger partial charge in [-0.05, 0) is 60.0 Å². The molecule has 3 heterocycles. The number of amides is 2. The summed E-state index contributed by atoms with van der Waals surface area (Å²) in [5.74, 6) is 0.560. The van der Waals surface area contributed by atoms with Gasteiger partial charge in [0.15, 0.2) is 0 Å². The van der Waals surface area contributed by atoms with Gasteiger partial charge in [-0.15, -0.1) is 0 Å². The van der Waals surface area contributed by atoms with E-state index in [1.807, 2.05) is 35.2 Å². The maximum atomic E-state index is 13.3. The molecule has 1 aliphatic heterocycles. The zero-order chi connectivity index (χ0) is 23.5. The number of nitrogens with one attached hydrogen (secondary N) is 2. The molecule has 7 nitrogen and oxygen atoms in total. The van der Waals surface area contributed by atoms with Crippen molar-refractivity contribution < 1.29 is 9.18 Å². The molecule has 0 spiro atoms. The van der Waals surface area contributed by atoms with Crippen molar-refractivity contribution in [3.63, 3.8) is 0 Å². The minimum absolute atomic E-state index is 0.0540. The highest BCUT2D eigenvalue weighted by molar-refractivity contribution is 6.30. The van der Waals surface area contributed by atoms with Crippen molar-refractivity contribution in [3.05, 3.63) is 77.3 Å². The van der Waals surface area contributed by atoms with Gasteiger partial charge < -0.3 is 20.1 Å². The maximum Gasteiger partial charge on any atom is 0.317 e. The third-order valence-electron chi connectivity index (χ3n) is 6.03. The highest BCUT2D eigenvalue weighted by Gasteiger charge is 2.23. The van der Waals surface area contributed by atoms with E-state index in [1.54, 1.807) is 18.5 Å². The highest BCUT2D eigenvalue weighted by atomic mass is 35.5. The number of carbonyl (C=O) groups excluding carboxylic acids is 1.